The van der Waals surface area contributed by atoms with Gasteiger partial charge < -0.3 is 15.2 Å². The molecule has 2 rings (SSSR count). The number of hydrogen-bond acceptors (Lipinski definition) is 5. The van der Waals surface area contributed by atoms with E-state index in [2.05, 4.69) is 4.74 Å². The van der Waals surface area contributed by atoms with Crippen LogP contribution in [0, 0.1) is 0 Å². The van der Waals surface area contributed by atoms with Gasteiger partial charge in [-0.1, -0.05) is 13.0 Å². The Bertz CT molecular complexity index is 515. The van der Waals surface area contributed by atoms with Crippen LogP contribution in [0.1, 0.15) is 13.3 Å². The third kappa shape index (κ3) is 2.33. The van der Waals surface area contributed by atoms with Crippen molar-refractivity contribution in [2.24, 2.45) is 0 Å². The molecule has 0 bridgehead atoms. The fourth-order valence-electron chi connectivity index (χ4n) is 2.02. The number of nitrogens with two attached hydrogens (primary N) is 1. The Hall–Kier alpha value is -2.24. The van der Waals surface area contributed by atoms with Crippen LogP contribution in [0.15, 0.2) is 18.2 Å². The van der Waals surface area contributed by atoms with Gasteiger partial charge in [0, 0.05) is 0 Å². The summed E-state index contributed by atoms with van der Waals surface area (Å²) in [5, 5.41) is 0. The highest BCUT2D eigenvalue weighted by Crippen LogP contribution is 2.39. The summed E-state index contributed by atoms with van der Waals surface area (Å²) in [5.41, 5.74) is 6.70. The summed E-state index contributed by atoms with van der Waals surface area (Å²) < 4.78 is 10.2. The minimum absolute atomic E-state index is 0.170. The summed E-state index contributed by atoms with van der Waals surface area (Å²) in [6, 6.07) is 5.13. The van der Waals surface area contributed by atoms with Crippen molar-refractivity contribution < 1.29 is 19.1 Å². The van der Waals surface area contributed by atoms with Crippen LogP contribution < -0.4 is 15.4 Å². The SMILES string of the molecule is CCC1Oc2cccc(N)c2N(CC(=O)OC)C1=O. The number of hydrogen-bond donors (Lipinski definition) is 1. The van der Waals surface area contributed by atoms with Crippen molar-refractivity contribution in [2.75, 3.05) is 24.3 Å². The number of fused-ring (bicyclic) bond motifs is 1. The molecule has 1 unspecified atom stereocenters. The first-order chi connectivity index (χ1) is 9.08. The van der Waals surface area contributed by atoms with Crippen LogP contribution >= 0.6 is 0 Å². The molecular formula is C13H16N2O4. The van der Waals surface area contributed by atoms with Crippen LogP contribution in [0.4, 0.5) is 11.4 Å². The highest BCUT2D eigenvalue weighted by atomic mass is 16.5. The predicted molar refractivity (Wildman–Crippen MR) is 69.9 cm³/mol. The van der Waals surface area contributed by atoms with Gasteiger partial charge in [0.25, 0.3) is 5.91 Å². The number of esters is 1. The normalized spacial score (nSPS) is 17.7. The van der Waals surface area contributed by atoms with Crippen LogP contribution in [0.2, 0.25) is 0 Å². The number of rotatable bonds is 3. The van der Waals surface area contributed by atoms with Crippen molar-refractivity contribution in [1.29, 1.82) is 0 Å². The monoisotopic (exact) mass is 264 g/mol. The summed E-state index contributed by atoms with van der Waals surface area (Å²) in [7, 11) is 1.28. The Labute approximate surface area is 111 Å². The summed E-state index contributed by atoms with van der Waals surface area (Å²) in [5.74, 6) is -0.270. The average Bonchev–Trinajstić information content (AvgIpc) is 2.41. The summed E-state index contributed by atoms with van der Waals surface area (Å²) in [4.78, 5) is 25.0. The van der Waals surface area contributed by atoms with E-state index < -0.39 is 12.1 Å². The highest BCUT2D eigenvalue weighted by molar-refractivity contribution is 6.05. The van der Waals surface area contributed by atoms with Gasteiger partial charge in [-0.3, -0.25) is 14.5 Å². The van der Waals surface area contributed by atoms with Gasteiger partial charge in [-0.2, -0.15) is 0 Å². The van der Waals surface area contributed by atoms with Crippen LogP contribution in [-0.4, -0.2) is 31.6 Å². The molecule has 1 heterocycles. The third-order valence-electron chi connectivity index (χ3n) is 3.00. The quantitative estimate of drug-likeness (QED) is 0.649. The number of carbonyl (C=O) groups excluding carboxylic acids is 2. The summed E-state index contributed by atoms with van der Waals surface area (Å²) in [6.07, 6.45) is -0.0796. The van der Waals surface area contributed by atoms with Gasteiger partial charge in [0.05, 0.1) is 12.8 Å². The number of nitrogens with zero attached hydrogens (tertiary/aromatic N) is 1. The summed E-state index contributed by atoms with van der Waals surface area (Å²) >= 11 is 0. The van der Waals surface area contributed by atoms with Gasteiger partial charge in [-0.25, -0.2) is 0 Å². The second-order valence-corrected chi connectivity index (χ2v) is 4.21. The van der Waals surface area contributed by atoms with Gasteiger partial charge in [-0.05, 0) is 18.6 Å². The lowest BCUT2D eigenvalue weighted by Crippen LogP contribution is -2.48. The maximum atomic E-state index is 12.3. The van der Waals surface area contributed by atoms with E-state index in [-0.39, 0.29) is 12.5 Å². The molecule has 0 aliphatic carbocycles. The van der Waals surface area contributed by atoms with Crippen LogP contribution in [-0.2, 0) is 14.3 Å². The van der Waals surface area contributed by atoms with Gasteiger partial charge in [0.15, 0.2) is 6.10 Å². The van der Waals surface area contributed by atoms with Crippen molar-refractivity contribution >= 4 is 23.3 Å². The maximum absolute atomic E-state index is 12.3. The zero-order chi connectivity index (χ0) is 14.0. The Morgan fingerprint density at radius 1 is 1.53 bits per heavy atom. The molecule has 1 aliphatic heterocycles. The van der Waals surface area contributed by atoms with Gasteiger partial charge in [-0.15, -0.1) is 0 Å². The summed E-state index contributed by atoms with van der Waals surface area (Å²) in [6.45, 7) is 1.67. The Balaban J connectivity index is 2.44. The first-order valence-electron chi connectivity index (χ1n) is 6.01. The zero-order valence-corrected chi connectivity index (χ0v) is 10.9. The second kappa shape index (κ2) is 5.17. The largest absolute Gasteiger partial charge is 0.478 e. The lowest BCUT2D eigenvalue weighted by molar-refractivity contribution is -0.140. The molecule has 19 heavy (non-hydrogen) atoms. The molecule has 1 aliphatic rings. The molecule has 6 nitrogen and oxygen atoms in total. The molecule has 0 aromatic heterocycles. The Kier molecular flexibility index (Phi) is 3.59. The van der Waals surface area contributed by atoms with Crippen LogP contribution in [0.3, 0.4) is 0 Å². The Morgan fingerprint density at radius 2 is 2.26 bits per heavy atom. The molecule has 2 N–H and O–H groups in total. The predicted octanol–water partition coefficient (Wildman–Crippen LogP) is 0.946. The number of methoxy groups -OCH3 is 1. The van der Waals surface area contributed by atoms with E-state index in [4.69, 9.17) is 10.5 Å². The highest BCUT2D eigenvalue weighted by Gasteiger charge is 2.35. The number of para-hydroxylation sites is 1. The molecular weight excluding hydrogens is 248 g/mol. The zero-order valence-electron chi connectivity index (χ0n) is 10.9. The van der Waals surface area contributed by atoms with E-state index in [0.29, 0.717) is 23.5 Å². The fourth-order valence-corrected chi connectivity index (χ4v) is 2.02. The lowest BCUT2D eigenvalue weighted by atomic mass is 10.1. The van der Waals surface area contributed by atoms with E-state index in [1.54, 1.807) is 18.2 Å². The van der Waals surface area contributed by atoms with Crippen molar-refractivity contribution in [3.63, 3.8) is 0 Å². The molecule has 102 valence electrons. The molecule has 0 saturated carbocycles. The van der Waals surface area contributed by atoms with E-state index in [1.165, 1.54) is 12.0 Å². The number of ether oxygens (including phenoxy) is 2. The molecule has 1 aromatic carbocycles. The van der Waals surface area contributed by atoms with Crippen LogP contribution in [0.25, 0.3) is 0 Å². The standard InChI is InChI=1S/C13H16N2O4/c1-3-9-13(17)15(7-11(16)18-2)12-8(14)5-4-6-10(12)19-9/h4-6,9H,3,7,14H2,1-2H3. The molecule has 6 heteroatoms. The van der Waals surface area contributed by atoms with E-state index in [9.17, 15) is 9.59 Å². The number of amides is 1. The van der Waals surface area contributed by atoms with E-state index in [0.717, 1.165) is 0 Å². The van der Waals surface area contributed by atoms with Crippen molar-refractivity contribution in [3.05, 3.63) is 18.2 Å². The molecule has 0 saturated heterocycles. The first-order valence-corrected chi connectivity index (χ1v) is 6.01. The number of benzene rings is 1. The fraction of sp³-hybridized carbons (Fsp3) is 0.385. The molecule has 0 fully saturated rings. The Morgan fingerprint density at radius 3 is 2.89 bits per heavy atom. The molecule has 0 radical (unpaired) electrons. The number of nitrogen functional groups attached to an aromatic ring is 1. The van der Waals surface area contributed by atoms with Crippen molar-refractivity contribution in [3.8, 4) is 5.75 Å². The third-order valence-corrected chi connectivity index (χ3v) is 3.00. The van der Waals surface area contributed by atoms with Gasteiger partial charge >= 0.3 is 5.97 Å². The molecule has 1 amide bonds. The number of carbonyl (C=O) groups is 2. The topological polar surface area (TPSA) is 81.9 Å². The van der Waals surface area contributed by atoms with Gasteiger partial charge in [0.1, 0.15) is 18.0 Å². The molecule has 1 atom stereocenters. The minimum Gasteiger partial charge on any atom is -0.478 e. The molecule has 0 spiro atoms. The van der Waals surface area contributed by atoms with Crippen LogP contribution in [0.5, 0.6) is 5.75 Å². The van der Waals surface area contributed by atoms with Gasteiger partial charge in [0.2, 0.25) is 0 Å². The van der Waals surface area contributed by atoms with Crippen molar-refractivity contribution in [2.45, 2.75) is 19.4 Å². The molecule has 1 aromatic rings. The first kappa shape index (κ1) is 13.2. The average molecular weight is 264 g/mol. The maximum Gasteiger partial charge on any atom is 0.325 e. The number of anilines is 2. The van der Waals surface area contributed by atoms with E-state index >= 15 is 0 Å². The second-order valence-electron chi connectivity index (χ2n) is 4.21. The van der Waals surface area contributed by atoms with Crippen molar-refractivity contribution in [1.82, 2.24) is 0 Å². The smallest absolute Gasteiger partial charge is 0.325 e. The minimum atomic E-state index is -0.598. The lowest BCUT2D eigenvalue weighted by Gasteiger charge is -2.34. The van der Waals surface area contributed by atoms with E-state index in [1.807, 2.05) is 6.92 Å².